The van der Waals surface area contributed by atoms with Gasteiger partial charge >= 0.3 is 6.18 Å². The minimum atomic E-state index is -4.04. The van der Waals surface area contributed by atoms with Gasteiger partial charge in [-0.2, -0.15) is 13.2 Å². The van der Waals surface area contributed by atoms with Crippen LogP contribution in [0.1, 0.15) is 25.0 Å². The molecule has 86 valence electrons. The maximum atomic E-state index is 11.7. The van der Waals surface area contributed by atoms with Crippen LogP contribution in [0.3, 0.4) is 0 Å². The molecular formula is C9H13F3N2O. The molecule has 0 amide bonds. The standard InChI is InChI=1S/C9H13F3N2O/c10-9(11,12)3-1-2-4-13-5-8-6-14-7-15-8/h6-7,13H,1-5H2. The van der Waals surface area contributed by atoms with Crippen molar-refractivity contribution in [3.8, 4) is 0 Å². The number of hydrogen-bond acceptors (Lipinski definition) is 3. The first-order valence-corrected chi connectivity index (χ1v) is 4.73. The highest BCUT2D eigenvalue weighted by atomic mass is 19.4. The molecular weight excluding hydrogens is 209 g/mol. The smallest absolute Gasteiger partial charge is 0.389 e. The lowest BCUT2D eigenvalue weighted by Crippen LogP contribution is -2.15. The van der Waals surface area contributed by atoms with E-state index in [0.717, 1.165) is 0 Å². The van der Waals surface area contributed by atoms with Crippen LogP contribution in [0.25, 0.3) is 0 Å². The molecule has 0 fully saturated rings. The van der Waals surface area contributed by atoms with Crippen LogP contribution in [0, 0.1) is 0 Å². The van der Waals surface area contributed by atoms with E-state index >= 15 is 0 Å². The fraction of sp³-hybridized carbons (Fsp3) is 0.667. The number of alkyl halides is 3. The Kier molecular flexibility index (Phi) is 4.61. The number of unbranched alkanes of at least 4 members (excludes halogenated alkanes) is 1. The van der Waals surface area contributed by atoms with E-state index in [0.29, 0.717) is 25.3 Å². The summed E-state index contributed by atoms with van der Waals surface area (Å²) in [6.45, 7) is 1.06. The van der Waals surface area contributed by atoms with Gasteiger partial charge in [0, 0.05) is 6.42 Å². The third-order valence-electron chi connectivity index (χ3n) is 1.85. The Morgan fingerprint density at radius 1 is 1.33 bits per heavy atom. The molecule has 0 unspecified atom stereocenters. The largest absolute Gasteiger partial charge is 0.447 e. The molecule has 1 N–H and O–H groups in total. The lowest BCUT2D eigenvalue weighted by molar-refractivity contribution is -0.135. The lowest BCUT2D eigenvalue weighted by atomic mass is 10.2. The van der Waals surface area contributed by atoms with E-state index in [1.54, 1.807) is 6.20 Å². The third kappa shape index (κ3) is 6.11. The number of nitrogens with one attached hydrogen (secondary N) is 1. The van der Waals surface area contributed by atoms with Crippen molar-refractivity contribution in [2.24, 2.45) is 0 Å². The van der Waals surface area contributed by atoms with Crippen molar-refractivity contribution in [2.75, 3.05) is 6.54 Å². The van der Waals surface area contributed by atoms with Gasteiger partial charge in [0.25, 0.3) is 0 Å². The lowest BCUT2D eigenvalue weighted by Gasteiger charge is -2.05. The van der Waals surface area contributed by atoms with Crippen molar-refractivity contribution in [3.63, 3.8) is 0 Å². The van der Waals surface area contributed by atoms with Gasteiger partial charge in [-0.1, -0.05) is 0 Å². The van der Waals surface area contributed by atoms with Crippen LogP contribution in [0.15, 0.2) is 17.0 Å². The molecule has 15 heavy (non-hydrogen) atoms. The van der Waals surface area contributed by atoms with Crippen molar-refractivity contribution in [1.82, 2.24) is 10.3 Å². The molecule has 3 nitrogen and oxygen atoms in total. The molecule has 0 atom stereocenters. The zero-order valence-corrected chi connectivity index (χ0v) is 8.18. The quantitative estimate of drug-likeness (QED) is 0.751. The predicted molar refractivity (Wildman–Crippen MR) is 48.1 cm³/mol. The van der Waals surface area contributed by atoms with Crippen LogP contribution in [0.4, 0.5) is 13.2 Å². The highest BCUT2D eigenvalue weighted by Gasteiger charge is 2.25. The van der Waals surface area contributed by atoms with Gasteiger partial charge in [0.15, 0.2) is 6.39 Å². The number of halogens is 3. The second kappa shape index (κ2) is 5.75. The van der Waals surface area contributed by atoms with E-state index in [-0.39, 0.29) is 6.42 Å². The van der Waals surface area contributed by atoms with Crippen LogP contribution in [-0.4, -0.2) is 17.7 Å². The van der Waals surface area contributed by atoms with E-state index in [9.17, 15) is 13.2 Å². The molecule has 0 saturated carbocycles. The van der Waals surface area contributed by atoms with Crippen LogP contribution in [0.2, 0.25) is 0 Å². The number of oxazole rings is 1. The second-order valence-electron chi connectivity index (χ2n) is 3.22. The SMILES string of the molecule is FC(F)(F)CCCCNCc1cnco1. The number of rotatable bonds is 6. The average molecular weight is 222 g/mol. The minimum Gasteiger partial charge on any atom is -0.447 e. The number of nitrogens with zero attached hydrogens (tertiary/aromatic N) is 1. The highest BCUT2D eigenvalue weighted by Crippen LogP contribution is 2.21. The van der Waals surface area contributed by atoms with Crippen LogP contribution in [-0.2, 0) is 6.54 Å². The van der Waals surface area contributed by atoms with Crippen LogP contribution >= 0.6 is 0 Å². The van der Waals surface area contributed by atoms with E-state index in [1.807, 2.05) is 0 Å². The fourth-order valence-electron chi connectivity index (χ4n) is 1.12. The molecule has 1 heterocycles. The monoisotopic (exact) mass is 222 g/mol. The van der Waals surface area contributed by atoms with E-state index in [1.165, 1.54) is 6.39 Å². The van der Waals surface area contributed by atoms with E-state index in [4.69, 9.17) is 4.42 Å². The summed E-state index contributed by atoms with van der Waals surface area (Å²) in [6, 6.07) is 0. The van der Waals surface area contributed by atoms with E-state index < -0.39 is 12.6 Å². The molecule has 6 heteroatoms. The molecule has 1 aromatic rings. The minimum absolute atomic E-state index is 0.160. The van der Waals surface area contributed by atoms with Crippen molar-refractivity contribution >= 4 is 0 Å². The maximum Gasteiger partial charge on any atom is 0.389 e. The topological polar surface area (TPSA) is 38.1 Å². The van der Waals surface area contributed by atoms with Gasteiger partial charge in [0.05, 0.1) is 12.7 Å². The van der Waals surface area contributed by atoms with Gasteiger partial charge in [-0.05, 0) is 19.4 Å². The van der Waals surface area contributed by atoms with Gasteiger partial charge < -0.3 is 9.73 Å². The predicted octanol–water partition coefficient (Wildman–Crippen LogP) is 2.50. The van der Waals surface area contributed by atoms with Gasteiger partial charge in [0.1, 0.15) is 5.76 Å². The summed E-state index contributed by atoms with van der Waals surface area (Å²) in [4.78, 5) is 3.71. The Labute approximate surface area is 85.7 Å². The Morgan fingerprint density at radius 3 is 2.73 bits per heavy atom. The fourth-order valence-corrected chi connectivity index (χ4v) is 1.12. The summed E-state index contributed by atoms with van der Waals surface area (Å²) in [5.74, 6) is 0.686. The first-order chi connectivity index (χ1) is 7.08. The Balaban J connectivity index is 1.94. The molecule has 0 spiro atoms. The van der Waals surface area contributed by atoms with Gasteiger partial charge in [-0.3, -0.25) is 0 Å². The van der Waals surface area contributed by atoms with Crippen molar-refractivity contribution in [3.05, 3.63) is 18.4 Å². The van der Waals surface area contributed by atoms with Crippen LogP contribution in [0.5, 0.6) is 0 Å². The average Bonchev–Trinajstić information content (AvgIpc) is 2.61. The molecule has 0 bridgehead atoms. The summed E-state index contributed by atoms with van der Waals surface area (Å²) in [5, 5.41) is 2.97. The Hall–Kier alpha value is -1.04. The van der Waals surface area contributed by atoms with Crippen molar-refractivity contribution in [2.45, 2.75) is 32.0 Å². The summed E-state index contributed by atoms with van der Waals surface area (Å²) >= 11 is 0. The van der Waals surface area contributed by atoms with Gasteiger partial charge in [-0.15, -0.1) is 0 Å². The summed E-state index contributed by atoms with van der Waals surface area (Å²) in [6.07, 6.45) is -1.19. The van der Waals surface area contributed by atoms with Crippen molar-refractivity contribution in [1.29, 1.82) is 0 Å². The van der Waals surface area contributed by atoms with Gasteiger partial charge in [-0.25, -0.2) is 4.98 Å². The molecule has 0 saturated heterocycles. The molecule has 0 aliphatic rings. The zero-order chi connectivity index (χ0) is 11.1. The molecule has 0 aromatic carbocycles. The number of hydrogen-bond donors (Lipinski definition) is 1. The molecule has 0 radical (unpaired) electrons. The highest BCUT2D eigenvalue weighted by molar-refractivity contribution is 4.86. The normalized spacial score (nSPS) is 11.9. The van der Waals surface area contributed by atoms with Crippen LogP contribution < -0.4 is 5.32 Å². The zero-order valence-electron chi connectivity index (χ0n) is 8.18. The molecule has 0 aliphatic heterocycles. The maximum absolute atomic E-state index is 11.7. The molecule has 1 aromatic heterocycles. The summed E-state index contributed by atoms with van der Waals surface area (Å²) in [7, 11) is 0. The third-order valence-corrected chi connectivity index (χ3v) is 1.85. The van der Waals surface area contributed by atoms with E-state index in [2.05, 4.69) is 10.3 Å². The Bertz CT molecular complexity index is 259. The summed E-state index contributed by atoms with van der Waals surface area (Å²) in [5.41, 5.74) is 0. The molecule has 0 aliphatic carbocycles. The second-order valence-corrected chi connectivity index (χ2v) is 3.22. The first-order valence-electron chi connectivity index (χ1n) is 4.73. The van der Waals surface area contributed by atoms with Crippen molar-refractivity contribution < 1.29 is 17.6 Å². The first kappa shape index (κ1) is 12.0. The summed E-state index contributed by atoms with van der Waals surface area (Å²) < 4.78 is 40.2. The molecule has 1 rings (SSSR count). The van der Waals surface area contributed by atoms with Gasteiger partial charge in [0.2, 0.25) is 0 Å². The number of aromatic nitrogens is 1. The Morgan fingerprint density at radius 2 is 2.13 bits per heavy atom.